The second-order valence-electron chi connectivity index (χ2n) is 7.79. The van der Waals surface area contributed by atoms with Gasteiger partial charge in [-0.25, -0.2) is 0 Å². The Balaban J connectivity index is 1.28. The summed E-state index contributed by atoms with van der Waals surface area (Å²) >= 11 is 0. The Morgan fingerprint density at radius 3 is 2.62 bits per heavy atom. The van der Waals surface area contributed by atoms with Gasteiger partial charge in [-0.2, -0.15) is 0 Å². The van der Waals surface area contributed by atoms with Gasteiger partial charge in [0.15, 0.2) is 0 Å². The van der Waals surface area contributed by atoms with Crippen molar-refractivity contribution in [3.8, 4) is 0 Å². The lowest BCUT2D eigenvalue weighted by Gasteiger charge is -2.39. The zero-order chi connectivity index (χ0) is 16.4. The van der Waals surface area contributed by atoms with Crippen molar-refractivity contribution in [2.75, 3.05) is 52.9 Å². The average Bonchev–Trinajstić information content (AvgIpc) is 3.03. The Bertz CT molecular complexity index is 521. The maximum Gasteiger partial charge on any atom is 0.0723 e. The van der Waals surface area contributed by atoms with Gasteiger partial charge in [0.2, 0.25) is 0 Å². The third-order valence-electron chi connectivity index (χ3n) is 6.12. The van der Waals surface area contributed by atoms with E-state index in [-0.39, 0.29) is 5.60 Å². The third-order valence-corrected chi connectivity index (χ3v) is 6.12. The summed E-state index contributed by atoms with van der Waals surface area (Å²) in [4.78, 5) is 12.1. The van der Waals surface area contributed by atoms with Crippen LogP contribution in [0.2, 0.25) is 0 Å². The maximum atomic E-state index is 6.38. The Hall–Kier alpha value is -1.01. The summed E-state index contributed by atoms with van der Waals surface area (Å²) in [6, 6.07) is 6.83. The molecule has 1 spiro atoms. The van der Waals surface area contributed by atoms with E-state index < -0.39 is 0 Å². The molecule has 0 saturated carbocycles. The van der Waals surface area contributed by atoms with Gasteiger partial charge < -0.3 is 9.64 Å². The van der Waals surface area contributed by atoms with E-state index in [0.29, 0.717) is 6.04 Å². The van der Waals surface area contributed by atoms with Gasteiger partial charge in [-0.1, -0.05) is 6.07 Å². The molecule has 0 aliphatic carbocycles. The van der Waals surface area contributed by atoms with E-state index in [1.807, 2.05) is 12.3 Å². The number of ether oxygens (including phenoxy) is 1. The molecule has 4 rings (SSSR count). The van der Waals surface area contributed by atoms with Crippen molar-refractivity contribution >= 4 is 0 Å². The molecular weight excluding hydrogens is 300 g/mol. The van der Waals surface area contributed by atoms with Gasteiger partial charge in [0.05, 0.1) is 17.9 Å². The molecule has 3 aliphatic rings. The minimum absolute atomic E-state index is 0.147. The van der Waals surface area contributed by atoms with Crippen LogP contribution in [0.1, 0.15) is 25.0 Å². The number of aromatic nitrogens is 1. The third kappa shape index (κ3) is 3.64. The van der Waals surface area contributed by atoms with Crippen molar-refractivity contribution in [3.05, 3.63) is 30.1 Å². The normalized spacial score (nSPS) is 29.3. The largest absolute Gasteiger partial charge is 0.373 e. The van der Waals surface area contributed by atoms with Gasteiger partial charge in [0, 0.05) is 58.1 Å². The standard InChI is InChI=1S/C19H30N4O/c1-21-10-12-23(13-11-21)18-14-19(24-16-18)5-8-22(9-6-19)15-17-4-2-3-7-20-17/h2-4,7,18H,5-6,8-16H2,1H3/t18-/m0/s1. The molecular formula is C19H30N4O. The quantitative estimate of drug-likeness (QED) is 0.837. The Labute approximate surface area is 145 Å². The molecule has 1 aromatic heterocycles. The molecule has 3 fully saturated rings. The summed E-state index contributed by atoms with van der Waals surface area (Å²) in [6.07, 6.45) is 5.46. The molecule has 3 aliphatic heterocycles. The molecule has 3 saturated heterocycles. The van der Waals surface area contributed by atoms with Crippen molar-refractivity contribution in [1.29, 1.82) is 0 Å². The van der Waals surface area contributed by atoms with Crippen LogP contribution in [0.25, 0.3) is 0 Å². The molecule has 5 heteroatoms. The van der Waals surface area contributed by atoms with Crippen LogP contribution in [0.5, 0.6) is 0 Å². The van der Waals surface area contributed by atoms with Gasteiger partial charge in [0.25, 0.3) is 0 Å². The maximum absolute atomic E-state index is 6.38. The fraction of sp³-hybridized carbons (Fsp3) is 0.737. The minimum Gasteiger partial charge on any atom is -0.373 e. The number of piperidine rings is 1. The van der Waals surface area contributed by atoms with Crippen LogP contribution in [-0.4, -0.2) is 84.2 Å². The summed E-state index contributed by atoms with van der Waals surface area (Å²) in [7, 11) is 2.22. The Morgan fingerprint density at radius 2 is 1.92 bits per heavy atom. The lowest BCUT2D eigenvalue weighted by atomic mass is 9.87. The first-order valence-electron chi connectivity index (χ1n) is 9.41. The fourth-order valence-corrected chi connectivity index (χ4v) is 4.43. The number of nitrogens with zero attached hydrogens (tertiary/aromatic N) is 4. The molecule has 4 heterocycles. The fourth-order valence-electron chi connectivity index (χ4n) is 4.43. The van der Waals surface area contributed by atoms with Crippen molar-refractivity contribution in [1.82, 2.24) is 19.7 Å². The second kappa shape index (κ2) is 7.08. The molecule has 0 N–H and O–H groups in total. The smallest absolute Gasteiger partial charge is 0.0723 e. The van der Waals surface area contributed by atoms with Gasteiger partial charge in [-0.15, -0.1) is 0 Å². The summed E-state index contributed by atoms with van der Waals surface area (Å²) in [5.74, 6) is 0. The van der Waals surface area contributed by atoms with Crippen molar-refractivity contribution in [3.63, 3.8) is 0 Å². The zero-order valence-electron chi connectivity index (χ0n) is 14.9. The van der Waals surface area contributed by atoms with E-state index in [1.54, 1.807) is 0 Å². The summed E-state index contributed by atoms with van der Waals surface area (Å²) in [5.41, 5.74) is 1.32. The van der Waals surface area contributed by atoms with E-state index in [2.05, 4.69) is 38.9 Å². The first kappa shape index (κ1) is 16.5. The molecule has 0 aromatic carbocycles. The predicted molar refractivity (Wildman–Crippen MR) is 94.9 cm³/mol. The monoisotopic (exact) mass is 330 g/mol. The SMILES string of the molecule is CN1CCN([C@@H]2COC3(CCN(Cc4ccccn4)CC3)C2)CC1. The molecule has 24 heavy (non-hydrogen) atoms. The van der Waals surface area contributed by atoms with Crippen LogP contribution >= 0.6 is 0 Å². The second-order valence-corrected chi connectivity index (χ2v) is 7.79. The molecule has 1 aromatic rings. The molecule has 0 unspecified atom stereocenters. The highest BCUT2D eigenvalue weighted by Crippen LogP contribution is 2.38. The summed E-state index contributed by atoms with van der Waals surface area (Å²) in [6.45, 7) is 8.96. The highest BCUT2D eigenvalue weighted by atomic mass is 16.5. The topological polar surface area (TPSA) is 31.8 Å². The van der Waals surface area contributed by atoms with Gasteiger partial charge in [0.1, 0.15) is 0 Å². The Morgan fingerprint density at radius 1 is 1.12 bits per heavy atom. The first-order valence-corrected chi connectivity index (χ1v) is 9.41. The van der Waals surface area contributed by atoms with E-state index in [9.17, 15) is 0 Å². The van der Waals surface area contributed by atoms with Crippen molar-refractivity contribution in [2.24, 2.45) is 0 Å². The van der Waals surface area contributed by atoms with Crippen LogP contribution in [0.4, 0.5) is 0 Å². The number of rotatable bonds is 3. The number of likely N-dealkylation sites (tertiary alicyclic amines) is 1. The molecule has 5 nitrogen and oxygen atoms in total. The predicted octanol–water partition coefficient (Wildman–Crippen LogP) is 1.45. The van der Waals surface area contributed by atoms with Crippen molar-refractivity contribution < 1.29 is 4.74 Å². The van der Waals surface area contributed by atoms with Crippen molar-refractivity contribution in [2.45, 2.75) is 37.5 Å². The highest BCUT2D eigenvalue weighted by molar-refractivity contribution is 5.04. The zero-order valence-corrected chi connectivity index (χ0v) is 14.9. The lowest BCUT2D eigenvalue weighted by molar-refractivity contribution is -0.0456. The van der Waals surface area contributed by atoms with Crippen LogP contribution in [0.15, 0.2) is 24.4 Å². The van der Waals surface area contributed by atoms with E-state index in [1.165, 1.54) is 51.1 Å². The number of pyridine rings is 1. The lowest BCUT2D eigenvalue weighted by Crippen LogP contribution is -2.50. The van der Waals surface area contributed by atoms with E-state index >= 15 is 0 Å². The van der Waals surface area contributed by atoms with Crippen LogP contribution in [0.3, 0.4) is 0 Å². The van der Waals surface area contributed by atoms with Crippen LogP contribution < -0.4 is 0 Å². The molecule has 1 atom stereocenters. The average molecular weight is 330 g/mol. The first-order chi connectivity index (χ1) is 11.7. The van der Waals surface area contributed by atoms with E-state index in [0.717, 1.165) is 26.2 Å². The molecule has 132 valence electrons. The van der Waals surface area contributed by atoms with Crippen LogP contribution in [-0.2, 0) is 11.3 Å². The molecule has 0 radical (unpaired) electrons. The number of hydrogen-bond acceptors (Lipinski definition) is 5. The number of piperazine rings is 1. The molecule has 0 bridgehead atoms. The van der Waals surface area contributed by atoms with Gasteiger partial charge >= 0.3 is 0 Å². The van der Waals surface area contributed by atoms with Crippen LogP contribution in [0, 0.1) is 0 Å². The minimum atomic E-state index is 0.147. The highest BCUT2D eigenvalue weighted by Gasteiger charge is 2.44. The number of likely N-dealkylation sites (N-methyl/N-ethyl adjacent to an activating group) is 1. The number of hydrogen-bond donors (Lipinski definition) is 0. The van der Waals surface area contributed by atoms with Gasteiger partial charge in [-0.05, 0) is 38.4 Å². The summed E-state index contributed by atoms with van der Waals surface area (Å²) < 4.78 is 6.38. The van der Waals surface area contributed by atoms with E-state index in [4.69, 9.17) is 4.74 Å². The summed E-state index contributed by atoms with van der Waals surface area (Å²) in [5, 5.41) is 0. The van der Waals surface area contributed by atoms with Gasteiger partial charge in [-0.3, -0.25) is 14.8 Å². The molecule has 0 amide bonds. The Kier molecular flexibility index (Phi) is 4.86.